The first-order valence-corrected chi connectivity index (χ1v) is 11.3. The Labute approximate surface area is 183 Å². The van der Waals surface area contributed by atoms with Crippen LogP contribution in [0.3, 0.4) is 0 Å². The molecule has 31 heavy (non-hydrogen) atoms. The molecular formula is C25H26O5S. The number of ketones is 1. The standard InChI is InChI=1S/C25H26O5S/c1-17-5-11-20(12-6-17)23(26)25(4,27)24(21-13-7-18(2)8-14-21)30-31(28,29)22-15-9-19(3)10-16-22/h5-16,24,27H,1-4H3. The minimum absolute atomic E-state index is 0.0474. The van der Waals surface area contributed by atoms with Crippen molar-refractivity contribution in [2.24, 2.45) is 0 Å². The van der Waals surface area contributed by atoms with Gasteiger partial charge in [0.1, 0.15) is 6.10 Å². The van der Waals surface area contributed by atoms with Gasteiger partial charge in [-0.25, -0.2) is 0 Å². The monoisotopic (exact) mass is 438 g/mol. The van der Waals surface area contributed by atoms with E-state index in [2.05, 4.69) is 0 Å². The fourth-order valence-corrected chi connectivity index (χ4v) is 4.35. The summed E-state index contributed by atoms with van der Waals surface area (Å²) >= 11 is 0. The van der Waals surface area contributed by atoms with Gasteiger partial charge in [-0.2, -0.15) is 8.42 Å². The Balaban J connectivity index is 2.05. The first kappa shape index (κ1) is 22.9. The van der Waals surface area contributed by atoms with Crippen molar-refractivity contribution in [1.29, 1.82) is 0 Å². The van der Waals surface area contributed by atoms with Crippen LogP contribution in [0, 0.1) is 20.8 Å². The number of carbonyl (C=O) groups is 1. The summed E-state index contributed by atoms with van der Waals surface area (Å²) in [6, 6.07) is 19.8. The SMILES string of the molecule is Cc1ccc(C(=O)C(C)(O)C(OS(=O)(=O)c2ccc(C)cc2)c2ccc(C)cc2)cc1. The van der Waals surface area contributed by atoms with Crippen LogP contribution in [-0.4, -0.2) is 24.9 Å². The molecule has 0 saturated carbocycles. The lowest BCUT2D eigenvalue weighted by atomic mass is 9.85. The van der Waals surface area contributed by atoms with Crippen LogP contribution in [0.2, 0.25) is 0 Å². The van der Waals surface area contributed by atoms with Crippen LogP contribution in [-0.2, 0) is 14.3 Å². The maximum absolute atomic E-state index is 13.2. The van der Waals surface area contributed by atoms with Crippen LogP contribution in [0.1, 0.15) is 45.6 Å². The van der Waals surface area contributed by atoms with Crippen molar-refractivity contribution in [3.63, 3.8) is 0 Å². The molecule has 0 radical (unpaired) electrons. The summed E-state index contributed by atoms with van der Waals surface area (Å²) in [7, 11) is -4.25. The summed E-state index contributed by atoms with van der Waals surface area (Å²) in [6.45, 7) is 6.90. The summed E-state index contributed by atoms with van der Waals surface area (Å²) in [6.07, 6.45) is -1.44. The molecule has 0 heterocycles. The fraction of sp³-hybridized carbons (Fsp3) is 0.240. The maximum atomic E-state index is 13.2. The second-order valence-corrected chi connectivity index (χ2v) is 9.57. The quantitative estimate of drug-likeness (QED) is 0.427. The summed E-state index contributed by atoms with van der Waals surface area (Å²) < 4.78 is 31.5. The van der Waals surface area contributed by atoms with Gasteiger partial charge in [0.15, 0.2) is 11.4 Å². The second kappa shape index (κ2) is 8.75. The number of aryl methyl sites for hydroxylation is 3. The zero-order valence-corrected chi connectivity index (χ0v) is 18.8. The van der Waals surface area contributed by atoms with E-state index in [0.29, 0.717) is 5.56 Å². The Morgan fingerprint density at radius 1 is 0.806 bits per heavy atom. The third kappa shape index (κ3) is 5.10. The minimum Gasteiger partial charge on any atom is -0.379 e. The number of carbonyl (C=O) groups excluding carboxylic acids is 1. The Morgan fingerprint density at radius 3 is 1.71 bits per heavy atom. The molecule has 0 aliphatic heterocycles. The van der Waals surface area contributed by atoms with Gasteiger partial charge < -0.3 is 5.11 Å². The van der Waals surface area contributed by atoms with Crippen molar-refractivity contribution in [2.45, 2.75) is 44.3 Å². The molecule has 0 aliphatic carbocycles. The van der Waals surface area contributed by atoms with E-state index in [1.54, 1.807) is 60.7 Å². The lowest BCUT2D eigenvalue weighted by Gasteiger charge is -2.31. The molecule has 1 N–H and O–H groups in total. The molecule has 0 aromatic heterocycles. The number of Topliss-reactive ketones (excluding diaryl/α,β-unsaturated/α-hetero) is 1. The van der Waals surface area contributed by atoms with Crippen molar-refractivity contribution < 1.29 is 22.5 Å². The molecule has 3 rings (SSSR count). The molecular weight excluding hydrogens is 412 g/mol. The molecule has 2 atom stereocenters. The van der Waals surface area contributed by atoms with Gasteiger partial charge in [-0.05, 0) is 45.4 Å². The summed E-state index contributed by atoms with van der Waals surface area (Å²) in [4.78, 5) is 13.2. The van der Waals surface area contributed by atoms with Gasteiger partial charge in [-0.1, -0.05) is 77.4 Å². The number of aliphatic hydroxyl groups is 1. The highest BCUT2D eigenvalue weighted by Crippen LogP contribution is 2.35. The van der Waals surface area contributed by atoms with E-state index in [9.17, 15) is 18.3 Å². The molecule has 0 aliphatic rings. The van der Waals surface area contributed by atoms with Gasteiger partial charge in [-0.15, -0.1) is 0 Å². The number of hydrogen-bond donors (Lipinski definition) is 1. The minimum atomic E-state index is -4.25. The van der Waals surface area contributed by atoms with Crippen LogP contribution < -0.4 is 0 Å². The van der Waals surface area contributed by atoms with Gasteiger partial charge in [0, 0.05) is 5.56 Å². The molecule has 0 bridgehead atoms. The van der Waals surface area contributed by atoms with E-state index < -0.39 is 27.6 Å². The molecule has 6 heteroatoms. The number of benzene rings is 3. The molecule has 162 valence electrons. The largest absolute Gasteiger partial charge is 0.379 e. The molecule has 5 nitrogen and oxygen atoms in total. The van der Waals surface area contributed by atoms with Gasteiger partial charge >= 0.3 is 0 Å². The summed E-state index contributed by atoms with van der Waals surface area (Å²) in [5.74, 6) is -0.628. The molecule has 3 aromatic carbocycles. The lowest BCUT2D eigenvalue weighted by molar-refractivity contribution is -0.0268. The molecule has 2 unspecified atom stereocenters. The normalized spacial score (nSPS) is 14.6. The van der Waals surface area contributed by atoms with Crippen LogP contribution >= 0.6 is 0 Å². The topological polar surface area (TPSA) is 80.7 Å². The van der Waals surface area contributed by atoms with Crippen molar-refractivity contribution in [1.82, 2.24) is 0 Å². The predicted octanol–water partition coefficient (Wildman–Crippen LogP) is 4.69. The average Bonchev–Trinajstić information content (AvgIpc) is 2.73. The third-order valence-electron chi connectivity index (χ3n) is 5.20. The molecule has 3 aromatic rings. The molecule has 0 spiro atoms. The van der Waals surface area contributed by atoms with Gasteiger partial charge in [0.2, 0.25) is 0 Å². The van der Waals surface area contributed by atoms with E-state index in [4.69, 9.17) is 4.18 Å². The molecule has 0 saturated heterocycles. The van der Waals surface area contributed by atoms with Crippen LogP contribution in [0.5, 0.6) is 0 Å². The highest BCUT2D eigenvalue weighted by Gasteiger charge is 2.44. The summed E-state index contributed by atoms with van der Waals surface area (Å²) in [5.41, 5.74) is 1.33. The third-order valence-corrected chi connectivity index (χ3v) is 6.49. The van der Waals surface area contributed by atoms with Crippen LogP contribution in [0.15, 0.2) is 77.7 Å². The fourth-order valence-electron chi connectivity index (χ4n) is 3.22. The van der Waals surface area contributed by atoms with Gasteiger partial charge in [0.25, 0.3) is 10.1 Å². The zero-order chi connectivity index (χ0) is 22.8. The van der Waals surface area contributed by atoms with E-state index in [1.807, 2.05) is 20.8 Å². The Hall–Kier alpha value is -2.80. The van der Waals surface area contributed by atoms with Crippen molar-refractivity contribution in [3.8, 4) is 0 Å². The Morgan fingerprint density at radius 2 is 1.23 bits per heavy atom. The van der Waals surface area contributed by atoms with Crippen LogP contribution in [0.25, 0.3) is 0 Å². The molecule has 0 amide bonds. The van der Waals surface area contributed by atoms with E-state index in [-0.39, 0.29) is 10.5 Å². The van der Waals surface area contributed by atoms with Crippen LogP contribution in [0.4, 0.5) is 0 Å². The maximum Gasteiger partial charge on any atom is 0.297 e. The highest BCUT2D eigenvalue weighted by atomic mass is 32.2. The predicted molar refractivity (Wildman–Crippen MR) is 120 cm³/mol. The van der Waals surface area contributed by atoms with E-state index in [1.165, 1.54) is 19.1 Å². The first-order valence-electron chi connectivity index (χ1n) is 9.91. The Kier molecular flexibility index (Phi) is 6.46. The van der Waals surface area contributed by atoms with Crippen molar-refractivity contribution >= 4 is 15.9 Å². The first-order chi connectivity index (χ1) is 14.5. The van der Waals surface area contributed by atoms with Gasteiger partial charge in [0.05, 0.1) is 4.90 Å². The van der Waals surface area contributed by atoms with Crippen molar-refractivity contribution in [3.05, 3.63) is 101 Å². The molecule has 0 fully saturated rings. The van der Waals surface area contributed by atoms with Crippen molar-refractivity contribution in [2.75, 3.05) is 0 Å². The van der Waals surface area contributed by atoms with E-state index in [0.717, 1.165) is 16.7 Å². The smallest absolute Gasteiger partial charge is 0.297 e. The van der Waals surface area contributed by atoms with E-state index >= 15 is 0 Å². The van der Waals surface area contributed by atoms with Gasteiger partial charge in [-0.3, -0.25) is 8.98 Å². The lowest BCUT2D eigenvalue weighted by Crippen LogP contribution is -2.43. The highest BCUT2D eigenvalue weighted by molar-refractivity contribution is 7.86. The Bertz CT molecular complexity index is 1160. The average molecular weight is 439 g/mol. The number of hydrogen-bond acceptors (Lipinski definition) is 5. The zero-order valence-electron chi connectivity index (χ0n) is 18.0. The second-order valence-electron chi connectivity index (χ2n) is 8.00. The summed E-state index contributed by atoms with van der Waals surface area (Å²) in [5, 5.41) is 11.3. The number of rotatable bonds is 7.